The highest BCUT2D eigenvalue weighted by molar-refractivity contribution is 5.94. The van der Waals surface area contributed by atoms with Crippen LogP contribution in [0.4, 0.5) is 0 Å². The number of nitrogens with one attached hydrogen (secondary N) is 1. The van der Waals surface area contributed by atoms with Gasteiger partial charge in [-0.05, 0) is 80.2 Å². The van der Waals surface area contributed by atoms with Crippen LogP contribution < -0.4 is 21.0 Å². The van der Waals surface area contributed by atoms with Crippen molar-refractivity contribution in [2.45, 2.75) is 69.6 Å². The van der Waals surface area contributed by atoms with E-state index in [9.17, 15) is 4.79 Å². The summed E-state index contributed by atoms with van der Waals surface area (Å²) in [5.41, 5.74) is 12.0. The maximum absolute atomic E-state index is 12.8. The molecule has 190 valence electrons. The summed E-state index contributed by atoms with van der Waals surface area (Å²) in [6.07, 6.45) is 14.7. The van der Waals surface area contributed by atoms with Gasteiger partial charge in [0.05, 0.1) is 25.3 Å². The first-order chi connectivity index (χ1) is 17.7. The number of hydrogen-bond donors (Lipinski definition) is 2. The first-order valence-corrected chi connectivity index (χ1v) is 13.6. The van der Waals surface area contributed by atoms with Crippen molar-refractivity contribution in [3.63, 3.8) is 0 Å². The SMILES string of the molecule is COC(=O)c1c[nH]c2c1=Cn1c(cc3c(OC)ccc(C4CCCCC4)c31)[C@H]1C=2CCCC1CCN. The maximum atomic E-state index is 12.8. The molecular weight excluding hydrogens is 450 g/mol. The molecule has 1 aliphatic heterocycles. The minimum Gasteiger partial charge on any atom is -0.496 e. The molecule has 1 unspecified atom stereocenters. The van der Waals surface area contributed by atoms with Gasteiger partial charge < -0.3 is 24.8 Å². The number of methoxy groups -OCH3 is 2. The van der Waals surface area contributed by atoms with E-state index in [0.717, 1.165) is 35.6 Å². The van der Waals surface area contributed by atoms with E-state index < -0.39 is 0 Å². The predicted octanol–water partition coefficient (Wildman–Crippen LogP) is 4.50. The molecule has 6 heteroatoms. The Balaban J connectivity index is 1.71. The van der Waals surface area contributed by atoms with Crippen LogP contribution in [0.3, 0.4) is 0 Å². The summed E-state index contributed by atoms with van der Waals surface area (Å²) in [6.45, 7) is 0.681. The van der Waals surface area contributed by atoms with E-state index in [-0.39, 0.29) is 11.9 Å². The van der Waals surface area contributed by atoms with Crippen LogP contribution in [0, 0.1) is 5.92 Å². The lowest BCUT2D eigenvalue weighted by Gasteiger charge is -2.34. The highest BCUT2D eigenvalue weighted by Gasteiger charge is 2.36. The van der Waals surface area contributed by atoms with E-state index >= 15 is 0 Å². The molecule has 3 aliphatic rings. The van der Waals surface area contributed by atoms with Crippen molar-refractivity contribution < 1.29 is 14.3 Å². The third-order valence-corrected chi connectivity index (χ3v) is 8.91. The average Bonchev–Trinajstić information content (AvgIpc) is 3.47. The zero-order chi connectivity index (χ0) is 24.8. The smallest absolute Gasteiger partial charge is 0.340 e. The number of aromatic nitrogens is 2. The van der Waals surface area contributed by atoms with Crippen molar-refractivity contribution in [3.05, 3.63) is 51.8 Å². The van der Waals surface area contributed by atoms with Crippen molar-refractivity contribution in [2.24, 2.45) is 11.7 Å². The standard InChI is InChI=1S/C30H37N3O3/c1-35-26-12-11-20(18-7-4-3-5-8-18)29-22(26)15-25-27-19(13-14-31)9-6-10-21(27)28-24(17-33(25)29)23(16-32-28)30(34)36-2/h11-12,15-19,27,32H,3-10,13-14,31H2,1-2H3/t19?,27-/m1/s1. The third kappa shape index (κ3) is 3.61. The number of H-pyrrole nitrogens is 1. The molecule has 2 aliphatic carbocycles. The Hall–Kier alpha value is -2.99. The Morgan fingerprint density at radius 3 is 2.72 bits per heavy atom. The zero-order valence-corrected chi connectivity index (χ0v) is 21.4. The molecule has 36 heavy (non-hydrogen) atoms. The highest BCUT2D eigenvalue weighted by atomic mass is 16.5. The monoisotopic (exact) mass is 487 g/mol. The molecule has 6 nitrogen and oxygen atoms in total. The van der Waals surface area contributed by atoms with Gasteiger partial charge in [0.15, 0.2) is 0 Å². The second kappa shape index (κ2) is 9.47. The van der Waals surface area contributed by atoms with Crippen molar-refractivity contribution in [2.75, 3.05) is 20.8 Å². The summed E-state index contributed by atoms with van der Waals surface area (Å²) in [6, 6.07) is 6.79. The molecule has 3 aromatic rings. The van der Waals surface area contributed by atoms with Crippen molar-refractivity contribution >= 4 is 28.6 Å². The number of carbonyl (C=O) groups excluding carboxylic acids is 1. The van der Waals surface area contributed by atoms with E-state index in [4.69, 9.17) is 15.2 Å². The lowest BCUT2D eigenvalue weighted by molar-refractivity contribution is 0.0599. The van der Waals surface area contributed by atoms with Gasteiger partial charge in [0.25, 0.3) is 0 Å². The number of benzene rings is 1. The Labute approximate surface area is 212 Å². The summed E-state index contributed by atoms with van der Waals surface area (Å²) in [5.74, 6) is 1.87. The van der Waals surface area contributed by atoms with Gasteiger partial charge in [0, 0.05) is 40.0 Å². The van der Waals surface area contributed by atoms with Gasteiger partial charge in [-0.1, -0.05) is 25.3 Å². The van der Waals surface area contributed by atoms with Crippen LogP contribution in [0.15, 0.2) is 24.4 Å². The number of ether oxygens (including phenoxy) is 2. The molecule has 2 fully saturated rings. The van der Waals surface area contributed by atoms with Gasteiger partial charge >= 0.3 is 5.97 Å². The molecule has 0 saturated heterocycles. The first-order valence-electron chi connectivity index (χ1n) is 13.6. The Morgan fingerprint density at radius 1 is 1.14 bits per heavy atom. The summed E-state index contributed by atoms with van der Waals surface area (Å²) in [7, 11) is 3.21. The van der Waals surface area contributed by atoms with Gasteiger partial charge in [-0.3, -0.25) is 0 Å². The third-order valence-electron chi connectivity index (χ3n) is 8.91. The highest BCUT2D eigenvalue weighted by Crippen LogP contribution is 2.48. The van der Waals surface area contributed by atoms with E-state index in [0.29, 0.717) is 23.9 Å². The van der Waals surface area contributed by atoms with Gasteiger partial charge in [0.1, 0.15) is 5.75 Å². The fourth-order valence-electron chi connectivity index (χ4n) is 7.29. The largest absolute Gasteiger partial charge is 0.496 e. The maximum Gasteiger partial charge on any atom is 0.340 e. The van der Waals surface area contributed by atoms with Crippen LogP contribution in [-0.2, 0) is 4.74 Å². The lowest BCUT2D eigenvalue weighted by atomic mass is 9.72. The van der Waals surface area contributed by atoms with E-state index in [2.05, 4.69) is 34.0 Å². The van der Waals surface area contributed by atoms with Gasteiger partial charge in [0.2, 0.25) is 0 Å². The molecule has 1 aromatic carbocycles. The van der Waals surface area contributed by atoms with E-state index in [1.54, 1.807) is 7.11 Å². The Morgan fingerprint density at radius 2 is 1.97 bits per heavy atom. The lowest BCUT2D eigenvalue weighted by Crippen LogP contribution is -2.33. The predicted molar refractivity (Wildman–Crippen MR) is 143 cm³/mol. The van der Waals surface area contributed by atoms with Crippen molar-refractivity contribution in [3.8, 4) is 5.75 Å². The zero-order valence-electron chi connectivity index (χ0n) is 21.4. The van der Waals surface area contributed by atoms with Crippen LogP contribution >= 0.6 is 0 Å². The number of aromatic amines is 1. The molecule has 0 spiro atoms. The molecule has 6 rings (SSSR count). The molecule has 3 heterocycles. The van der Waals surface area contributed by atoms with E-state index in [1.165, 1.54) is 73.4 Å². The second-order valence-corrected chi connectivity index (χ2v) is 10.7. The topological polar surface area (TPSA) is 82.3 Å². The van der Waals surface area contributed by atoms with Gasteiger partial charge in [-0.15, -0.1) is 0 Å². The summed E-state index contributed by atoms with van der Waals surface area (Å²) in [4.78, 5) is 16.3. The minimum absolute atomic E-state index is 0.250. The fourth-order valence-corrected chi connectivity index (χ4v) is 7.29. The number of hydrogen-bond acceptors (Lipinski definition) is 4. The Kier molecular flexibility index (Phi) is 6.16. The number of carbonyl (C=O) groups is 1. The normalized spacial score (nSPS) is 21.8. The second-order valence-electron chi connectivity index (χ2n) is 10.7. The molecule has 2 atom stereocenters. The van der Waals surface area contributed by atoms with Crippen LogP contribution in [0.25, 0.3) is 22.7 Å². The van der Waals surface area contributed by atoms with Crippen LogP contribution in [0.1, 0.15) is 91.2 Å². The molecule has 0 bridgehead atoms. The van der Waals surface area contributed by atoms with E-state index in [1.807, 2.05) is 6.20 Å². The van der Waals surface area contributed by atoms with Crippen LogP contribution in [0.2, 0.25) is 0 Å². The quantitative estimate of drug-likeness (QED) is 0.520. The van der Waals surface area contributed by atoms with Gasteiger partial charge in [-0.25, -0.2) is 4.79 Å². The number of nitrogens with zero attached hydrogens (tertiary/aromatic N) is 1. The number of esters is 1. The Bertz CT molecular complexity index is 1420. The first kappa shape index (κ1) is 23.4. The van der Waals surface area contributed by atoms with Crippen molar-refractivity contribution in [1.29, 1.82) is 0 Å². The molecule has 2 saturated carbocycles. The molecular formula is C30H37N3O3. The van der Waals surface area contributed by atoms with Crippen LogP contribution in [-0.4, -0.2) is 36.3 Å². The fraction of sp³-hybridized carbons (Fsp3) is 0.500. The number of fused-ring (bicyclic) bond motifs is 6. The summed E-state index contributed by atoms with van der Waals surface area (Å²) < 4.78 is 13.5. The summed E-state index contributed by atoms with van der Waals surface area (Å²) in [5, 5.41) is 3.19. The van der Waals surface area contributed by atoms with Crippen molar-refractivity contribution in [1.82, 2.24) is 9.55 Å². The molecule has 0 radical (unpaired) electrons. The molecule has 3 N–H and O–H groups in total. The number of nitrogens with two attached hydrogens (primary N) is 1. The average molecular weight is 488 g/mol. The molecule has 2 aromatic heterocycles. The van der Waals surface area contributed by atoms with Crippen LogP contribution in [0.5, 0.6) is 5.75 Å². The minimum atomic E-state index is -0.305. The van der Waals surface area contributed by atoms with Gasteiger partial charge in [-0.2, -0.15) is 0 Å². The molecule has 0 amide bonds. The number of rotatable bonds is 5. The summed E-state index contributed by atoms with van der Waals surface area (Å²) >= 11 is 0.